The molecule has 5 heteroatoms. The largest absolute Gasteiger partial charge is 0.443 e. The van der Waals surface area contributed by atoms with Crippen molar-refractivity contribution in [3.8, 4) is 0 Å². The molecule has 0 saturated carbocycles. The number of aromatic nitrogens is 1. The van der Waals surface area contributed by atoms with Gasteiger partial charge < -0.3 is 15.1 Å². The van der Waals surface area contributed by atoms with Crippen LogP contribution in [0.5, 0.6) is 0 Å². The predicted molar refractivity (Wildman–Crippen MR) is 70.3 cm³/mol. The summed E-state index contributed by atoms with van der Waals surface area (Å²) in [6, 6.07) is 5.50. The number of hydrogen-bond donors (Lipinski definition) is 1. The number of benzene rings is 1. The van der Waals surface area contributed by atoms with Crippen LogP contribution in [0, 0.1) is 5.92 Å². The molecular formula is C13H17N3O2. The molecule has 18 heavy (non-hydrogen) atoms. The molecule has 0 radical (unpaired) electrons. The van der Waals surface area contributed by atoms with E-state index in [1.165, 1.54) is 6.39 Å². The number of carbonyl (C=O) groups is 1. The molecule has 0 saturated heterocycles. The van der Waals surface area contributed by atoms with E-state index in [2.05, 4.69) is 4.98 Å². The minimum Gasteiger partial charge on any atom is -0.443 e. The van der Waals surface area contributed by atoms with Gasteiger partial charge in [-0.25, -0.2) is 4.98 Å². The summed E-state index contributed by atoms with van der Waals surface area (Å²) in [7, 11) is 1.75. The van der Waals surface area contributed by atoms with Crippen molar-refractivity contribution >= 4 is 22.7 Å². The maximum Gasteiger partial charge on any atom is 0.231 e. The lowest BCUT2D eigenvalue weighted by atomic mass is 10.1. The highest BCUT2D eigenvalue weighted by molar-refractivity contribution is 5.96. The van der Waals surface area contributed by atoms with Crippen LogP contribution in [0.15, 0.2) is 29.0 Å². The fourth-order valence-corrected chi connectivity index (χ4v) is 1.90. The van der Waals surface area contributed by atoms with Crippen LogP contribution in [0.1, 0.15) is 13.3 Å². The van der Waals surface area contributed by atoms with E-state index in [-0.39, 0.29) is 11.8 Å². The normalized spacial score (nSPS) is 12.6. The molecule has 1 aromatic heterocycles. The molecule has 1 amide bonds. The first-order valence-corrected chi connectivity index (χ1v) is 5.98. The van der Waals surface area contributed by atoms with E-state index in [0.717, 1.165) is 17.6 Å². The summed E-state index contributed by atoms with van der Waals surface area (Å²) >= 11 is 0. The molecule has 0 aliphatic rings. The molecular weight excluding hydrogens is 230 g/mol. The van der Waals surface area contributed by atoms with Gasteiger partial charge in [0.1, 0.15) is 5.52 Å². The Morgan fingerprint density at radius 3 is 3.00 bits per heavy atom. The third-order valence-corrected chi connectivity index (χ3v) is 3.16. The second-order valence-electron chi connectivity index (χ2n) is 4.24. The molecule has 0 spiro atoms. The van der Waals surface area contributed by atoms with Crippen molar-refractivity contribution < 1.29 is 9.21 Å². The van der Waals surface area contributed by atoms with E-state index in [4.69, 9.17) is 10.2 Å². The summed E-state index contributed by atoms with van der Waals surface area (Å²) in [5.74, 6) is -0.112. The Morgan fingerprint density at radius 1 is 1.56 bits per heavy atom. The molecule has 0 aliphatic carbocycles. The molecule has 0 aliphatic heterocycles. The minimum absolute atomic E-state index is 0.0267. The second-order valence-corrected chi connectivity index (χ2v) is 4.24. The van der Waals surface area contributed by atoms with Crippen molar-refractivity contribution in [2.24, 2.45) is 11.7 Å². The second kappa shape index (κ2) is 5.18. The number of oxazole rings is 1. The fraction of sp³-hybridized carbons (Fsp3) is 0.385. The maximum absolute atomic E-state index is 12.2. The fourth-order valence-electron chi connectivity index (χ4n) is 1.90. The van der Waals surface area contributed by atoms with E-state index in [0.29, 0.717) is 12.1 Å². The zero-order chi connectivity index (χ0) is 13.1. The van der Waals surface area contributed by atoms with Crippen LogP contribution in [0.4, 0.5) is 5.69 Å². The first-order valence-electron chi connectivity index (χ1n) is 5.98. The van der Waals surface area contributed by atoms with Crippen LogP contribution in [-0.2, 0) is 4.79 Å². The van der Waals surface area contributed by atoms with Gasteiger partial charge in [-0.3, -0.25) is 4.79 Å². The number of fused-ring (bicyclic) bond motifs is 1. The third-order valence-electron chi connectivity index (χ3n) is 3.16. The first kappa shape index (κ1) is 12.6. The van der Waals surface area contributed by atoms with Crippen molar-refractivity contribution in [2.75, 3.05) is 18.5 Å². The smallest absolute Gasteiger partial charge is 0.231 e. The van der Waals surface area contributed by atoms with Crippen LogP contribution in [0.2, 0.25) is 0 Å². The molecule has 2 aromatic rings. The SMILES string of the molecule is CCC(CN)C(=O)N(C)c1ccc2ncoc2c1. The van der Waals surface area contributed by atoms with Crippen molar-refractivity contribution in [1.82, 2.24) is 4.98 Å². The Morgan fingerprint density at radius 2 is 2.33 bits per heavy atom. The van der Waals surface area contributed by atoms with E-state index in [1.807, 2.05) is 25.1 Å². The number of nitrogens with two attached hydrogens (primary N) is 1. The van der Waals surface area contributed by atoms with Gasteiger partial charge in [-0.2, -0.15) is 0 Å². The first-order chi connectivity index (χ1) is 8.67. The molecule has 1 unspecified atom stereocenters. The highest BCUT2D eigenvalue weighted by atomic mass is 16.3. The third kappa shape index (κ3) is 2.22. The van der Waals surface area contributed by atoms with Gasteiger partial charge in [0, 0.05) is 25.3 Å². The number of amides is 1. The molecule has 96 valence electrons. The average molecular weight is 247 g/mol. The monoisotopic (exact) mass is 247 g/mol. The van der Waals surface area contributed by atoms with Crippen molar-refractivity contribution in [3.63, 3.8) is 0 Å². The average Bonchev–Trinajstić information content (AvgIpc) is 2.86. The molecule has 1 heterocycles. The zero-order valence-electron chi connectivity index (χ0n) is 10.6. The standard InChI is InChI=1S/C13H17N3O2/c1-3-9(7-14)13(17)16(2)10-4-5-11-12(6-10)18-8-15-11/h4-6,8-9H,3,7,14H2,1-2H3. The zero-order valence-corrected chi connectivity index (χ0v) is 10.6. The number of rotatable bonds is 4. The Labute approximate surface area is 106 Å². The van der Waals surface area contributed by atoms with Crippen LogP contribution in [0.25, 0.3) is 11.1 Å². The van der Waals surface area contributed by atoms with E-state index < -0.39 is 0 Å². The molecule has 2 N–H and O–H groups in total. The van der Waals surface area contributed by atoms with Gasteiger partial charge in [0.2, 0.25) is 5.91 Å². The summed E-state index contributed by atoms with van der Waals surface area (Å²) in [6.07, 6.45) is 2.13. The minimum atomic E-state index is -0.138. The Hall–Kier alpha value is -1.88. The van der Waals surface area contributed by atoms with Crippen LogP contribution in [0.3, 0.4) is 0 Å². The predicted octanol–water partition coefficient (Wildman–Crippen LogP) is 1.78. The van der Waals surface area contributed by atoms with Gasteiger partial charge in [0.15, 0.2) is 12.0 Å². The summed E-state index contributed by atoms with van der Waals surface area (Å²) in [4.78, 5) is 17.8. The highest BCUT2D eigenvalue weighted by Gasteiger charge is 2.20. The summed E-state index contributed by atoms with van der Waals surface area (Å²) < 4.78 is 5.23. The van der Waals surface area contributed by atoms with Crippen molar-refractivity contribution in [3.05, 3.63) is 24.6 Å². The van der Waals surface area contributed by atoms with Gasteiger partial charge >= 0.3 is 0 Å². The molecule has 2 rings (SSSR count). The van der Waals surface area contributed by atoms with Gasteiger partial charge in [0.25, 0.3) is 0 Å². The maximum atomic E-state index is 12.2. The van der Waals surface area contributed by atoms with Gasteiger partial charge in [-0.1, -0.05) is 6.92 Å². The van der Waals surface area contributed by atoms with E-state index in [1.54, 1.807) is 11.9 Å². The highest BCUT2D eigenvalue weighted by Crippen LogP contribution is 2.22. The molecule has 1 aromatic carbocycles. The van der Waals surface area contributed by atoms with E-state index in [9.17, 15) is 4.79 Å². The van der Waals surface area contributed by atoms with Crippen LogP contribution in [-0.4, -0.2) is 24.5 Å². The molecule has 0 fully saturated rings. The quantitative estimate of drug-likeness (QED) is 0.893. The summed E-state index contributed by atoms with van der Waals surface area (Å²) in [5.41, 5.74) is 7.84. The molecule has 1 atom stereocenters. The lowest BCUT2D eigenvalue weighted by molar-refractivity contribution is -0.121. The van der Waals surface area contributed by atoms with Gasteiger partial charge in [-0.05, 0) is 18.6 Å². The Balaban J connectivity index is 2.26. The lowest BCUT2D eigenvalue weighted by Crippen LogP contribution is -2.36. The van der Waals surface area contributed by atoms with E-state index >= 15 is 0 Å². The number of hydrogen-bond acceptors (Lipinski definition) is 4. The number of nitrogens with zero attached hydrogens (tertiary/aromatic N) is 2. The van der Waals surface area contributed by atoms with Crippen LogP contribution >= 0.6 is 0 Å². The van der Waals surface area contributed by atoms with Gasteiger partial charge in [-0.15, -0.1) is 0 Å². The lowest BCUT2D eigenvalue weighted by Gasteiger charge is -2.22. The van der Waals surface area contributed by atoms with Gasteiger partial charge in [0.05, 0.1) is 5.92 Å². The topological polar surface area (TPSA) is 72.4 Å². The van der Waals surface area contributed by atoms with Crippen molar-refractivity contribution in [1.29, 1.82) is 0 Å². The Bertz CT molecular complexity index is 546. The summed E-state index contributed by atoms with van der Waals surface area (Å²) in [5, 5.41) is 0. The molecule has 0 bridgehead atoms. The number of carbonyl (C=O) groups excluding carboxylic acids is 1. The molecule has 5 nitrogen and oxygen atoms in total. The van der Waals surface area contributed by atoms with Crippen molar-refractivity contribution in [2.45, 2.75) is 13.3 Å². The van der Waals surface area contributed by atoms with Crippen LogP contribution < -0.4 is 10.6 Å². The Kier molecular flexibility index (Phi) is 3.62. The number of anilines is 1. The summed E-state index contributed by atoms with van der Waals surface area (Å²) in [6.45, 7) is 2.33.